The number of aromatic nitrogens is 1. The average Bonchev–Trinajstić information content (AvgIpc) is 2.79. The zero-order valence-electron chi connectivity index (χ0n) is 13.9. The summed E-state index contributed by atoms with van der Waals surface area (Å²) >= 11 is 1.83. The second kappa shape index (κ2) is 8.60. The Morgan fingerprint density at radius 3 is 2.45 bits per heavy atom. The molecular weight excluding hydrogens is 268 g/mol. The monoisotopic (exact) mass is 298 g/mol. The van der Waals surface area contributed by atoms with Gasteiger partial charge in [0.05, 0.1) is 5.69 Å². The van der Waals surface area contributed by atoms with E-state index in [1.807, 2.05) is 11.3 Å². The van der Waals surface area contributed by atoms with Gasteiger partial charge in [-0.2, -0.15) is 0 Å². The summed E-state index contributed by atoms with van der Waals surface area (Å²) in [7, 11) is 6.39. The summed E-state index contributed by atoms with van der Waals surface area (Å²) in [6, 6.07) is 0.517. The molecule has 0 atom stereocenters. The Morgan fingerprint density at radius 1 is 1.20 bits per heavy atom. The van der Waals surface area contributed by atoms with Gasteiger partial charge in [-0.3, -0.25) is 0 Å². The van der Waals surface area contributed by atoms with Crippen LogP contribution in [-0.2, 0) is 13.0 Å². The Balaban J connectivity index is 2.61. The van der Waals surface area contributed by atoms with Crippen LogP contribution in [0.1, 0.15) is 37.8 Å². The molecule has 116 valence electrons. The molecule has 4 nitrogen and oxygen atoms in total. The third-order valence-corrected chi connectivity index (χ3v) is 4.41. The predicted octanol–water partition coefficient (Wildman–Crippen LogP) is 2.59. The number of hydrogen-bond donors (Lipinski definition) is 1. The van der Waals surface area contributed by atoms with Gasteiger partial charge in [0.25, 0.3) is 0 Å². The van der Waals surface area contributed by atoms with Crippen LogP contribution in [0.2, 0.25) is 0 Å². The minimum Gasteiger partial charge on any atom is -0.351 e. The number of nitrogens with zero attached hydrogens (tertiary/aromatic N) is 3. The van der Waals surface area contributed by atoms with Gasteiger partial charge in [0, 0.05) is 31.1 Å². The van der Waals surface area contributed by atoms with Crippen LogP contribution in [0.3, 0.4) is 0 Å². The lowest BCUT2D eigenvalue weighted by atomic mass is 10.3. The molecule has 0 saturated carbocycles. The van der Waals surface area contributed by atoms with Crippen molar-refractivity contribution < 1.29 is 0 Å². The van der Waals surface area contributed by atoms with Crippen LogP contribution in [0.5, 0.6) is 0 Å². The van der Waals surface area contributed by atoms with E-state index in [1.54, 1.807) is 0 Å². The smallest absolute Gasteiger partial charge is 0.185 e. The third kappa shape index (κ3) is 5.77. The van der Waals surface area contributed by atoms with Gasteiger partial charge in [-0.05, 0) is 33.5 Å². The lowest BCUT2D eigenvalue weighted by molar-refractivity contribution is 0.401. The SMILES string of the molecule is CCc1nc(N(C)CCCN(C)C)sc1CNC(C)C. The highest BCUT2D eigenvalue weighted by atomic mass is 32.1. The van der Waals surface area contributed by atoms with Crippen molar-refractivity contribution in [2.24, 2.45) is 0 Å². The summed E-state index contributed by atoms with van der Waals surface area (Å²) in [5, 5.41) is 4.65. The predicted molar refractivity (Wildman–Crippen MR) is 89.9 cm³/mol. The van der Waals surface area contributed by atoms with E-state index in [9.17, 15) is 0 Å². The first-order valence-electron chi connectivity index (χ1n) is 7.51. The van der Waals surface area contributed by atoms with Crippen LogP contribution in [-0.4, -0.2) is 50.2 Å². The van der Waals surface area contributed by atoms with Crippen molar-refractivity contribution in [3.8, 4) is 0 Å². The second-order valence-corrected chi connectivity index (χ2v) is 6.90. The molecule has 0 bridgehead atoms. The molecule has 0 amide bonds. The minimum absolute atomic E-state index is 0.517. The molecule has 1 aromatic rings. The maximum absolute atomic E-state index is 4.80. The van der Waals surface area contributed by atoms with Gasteiger partial charge in [0.1, 0.15) is 0 Å². The van der Waals surface area contributed by atoms with E-state index in [0.717, 1.165) is 31.2 Å². The highest BCUT2D eigenvalue weighted by Gasteiger charge is 2.13. The van der Waals surface area contributed by atoms with E-state index in [2.05, 4.69) is 57.0 Å². The molecule has 0 fully saturated rings. The fourth-order valence-corrected chi connectivity index (χ4v) is 3.05. The van der Waals surface area contributed by atoms with E-state index >= 15 is 0 Å². The number of thiazole rings is 1. The molecule has 0 unspecified atom stereocenters. The largest absolute Gasteiger partial charge is 0.351 e. The molecule has 1 heterocycles. The normalized spacial score (nSPS) is 11.6. The Kier molecular flexibility index (Phi) is 7.48. The van der Waals surface area contributed by atoms with Crippen molar-refractivity contribution in [3.63, 3.8) is 0 Å². The maximum Gasteiger partial charge on any atom is 0.185 e. The van der Waals surface area contributed by atoms with Crippen molar-refractivity contribution in [3.05, 3.63) is 10.6 Å². The number of anilines is 1. The Labute approximate surface area is 128 Å². The molecule has 0 aliphatic carbocycles. The molecular formula is C15H30N4S. The Bertz CT molecular complexity index is 387. The Morgan fingerprint density at radius 2 is 1.90 bits per heavy atom. The minimum atomic E-state index is 0.517. The van der Waals surface area contributed by atoms with Gasteiger partial charge in [-0.15, -0.1) is 11.3 Å². The van der Waals surface area contributed by atoms with Crippen molar-refractivity contribution in [1.29, 1.82) is 0 Å². The molecule has 1 N–H and O–H groups in total. The van der Waals surface area contributed by atoms with Crippen molar-refractivity contribution in [2.45, 2.75) is 46.2 Å². The second-order valence-electron chi connectivity index (χ2n) is 5.83. The first kappa shape index (κ1) is 17.4. The third-order valence-electron chi connectivity index (χ3n) is 3.20. The van der Waals surface area contributed by atoms with Crippen molar-refractivity contribution in [2.75, 3.05) is 39.1 Å². The maximum atomic E-state index is 4.80. The molecule has 5 heteroatoms. The summed E-state index contributed by atoms with van der Waals surface area (Å²) in [5.41, 5.74) is 1.25. The van der Waals surface area contributed by atoms with Gasteiger partial charge in [-0.25, -0.2) is 4.98 Å². The molecule has 1 aromatic heterocycles. The van der Waals surface area contributed by atoms with Crippen molar-refractivity contribution >= 4 is 16.5 Å². The fourth-order valence-electron chi connectivity index (χ4n) is 1.96. The molecule has 1 rings (SSSR count). The van der Waals surface area contributed by atoms with Crippen LogP contribution in [0.4, 0.5) is 5.13 Å². The van der Waals surface area contributed by atoms with Gasteiger partial charge in [0.2, 0.25) is 0 Å². The van der Waals surface area contributed by atoms with Crippen LogP contribution in [0, 0.1) is 0 Å². The topological polar surface area (TPSA) is 31.4 Å². The number of rotatable bonds is 9. The summed E-state index contributed by atoms with van der Waals surface area (Å²) in [6.07, 6.45) is 2.18. The summed E-state index contributed by atoms with van der Waals surface area (Å²) < 4.78 is 0. The fraction of sp³-hybridized carbons (Fsp3) is 0.800. The molecule has 0 spiro atoms. The van der Waals surface area contributed by atoms with E-state index < -0.39 is 0 Å². The van der Waals surface area contributed by atoms with Crippen LogP contribution < -0.4 is 10.2 Å². The first-order chi connectivity index (χ1) is 9.43. The van der Waals surface area contributed by atoms with E-state index in [0.29, 0.717) is 6.04 Å². The standard InChI is InChI=1S/C15H30N4S/c1-7-13-14(11-16-12(2)3)20-15(17-13)19(6)10-8-9-18(4)5/h12,16H,7-11H2,1-6H3. The number of aryl methyl sites for hydroxylation is 1. The van der Waals surface area contributed by atoms with Gasteiger partial charge in [0.15, 0.2) is 5.13 Å². The molecule has 0 aromatic carbocycles. The Hall–Kier alpha value is -0.650. The molecule has 20 heavy (non-hydrogen) atoms. The number of hydrogen-bond acceptors (Lipinski definition) is 5. The molecule has 0 saturated heterocycles. The van der Waals surface area contributed by atoms with Crippen LogP contribution in [0.25, 0.3) is 0 Å². The first-order valence-corrected chi connectivity index (χ1v) is 8.33. The average molecular weight is 299 g/mol. The van der Waals surface area contributed by atoms with Crippen LogP contribution >= 0.6 is 11.3 Å². The summed E-state index contributed by atoms with van der Waals surface area (Å²) in [6.45, 7) is 9.67. The van der Waals surface area contributed by atoms with Crippen molar-refractivity contribution in [1.82, 2.24) is 15.2 Å². The van der Waals surface area contributed by atoms with Crippen LogP contribution in [0.15, 0.2) is 0 Å². The highest BCUT2D eigenvalue weighted by molar-refractivity contribution is 7.15. The van der Waals surface area contributed by atoms with E-state index in [1.165, 1.54) is 17.0 Å². The van der Waals surface area contributed by atoms with Gasteiger partial charge < -0.3 is 15.1 Å². The van der Waals surface area contributed by atoms with E-state index in [-0.39, 0.29) is 0 Å². The zero-order valence-corrected chi connectivity index (χ0v) is 14.7. The van der Waals surface area contributed by atoms with E-state index in [4.69, 9.17) is 4.98 Å². The van der Waals surface area contributed by atoms with Gasteiger partial charge in [-0.1, -0.05) is 20.8 Å². The quantitative estimate of drug-likeness (QED) is 0.759. The lowest BCUT2D eigenvalue weighted by Gasteiger charge is -2.17. The lowest BCUT2D eigenvalue weighted by Crippen LogP contribution is -2.23. The molecule has 0 aliphatic heterocycles. The summed E-state index contributed by atoms with van der Waals surface area (Å²) in [4.78, 5) is 10.7. The molecule has 0 aliphatic rings. The highest BCUT2D eigenvalue weighted by Crippen LogP contribution is 2.26. The van der Waals surface area contributed by atoms with Gasteiger partial charge >= 0.3 is 0 Å². The number of nitrogens with one attached hydrogen (secondary N) is 1. The molecule has 0 radical (unpaired) electrons. The zero-order chi connectivity index (χ0) is 15.1. The summed E-state index contributed by atoms with van der Waals surface area (Å²) in [5.74, 6) is 0.